The summed E-state index contributed by atoms with van der Waals surface area (Å²) >= 11 is 3.84. The Labute approximate surface area is 134 Å². The van der Waals surface area contributed by atoms with E-state index < -0.39 is 0 Å². The minimum absolute atomic E-state index is 0. The van der Waals surface area contributed by atoms with Gasteiger partial charge in [-0.1, -0.05) is 6.07 Å². The zero-order valence-electron chi connectivity index (χ0n) is 10.5. The Morgan fingerprint density at radius 1 is 1.50 bits per heavy atom. The molecule has 0 saturated carbocycles. The van der Waals surface area contributed by atoms with E-state index in [9.17, 15) is 0 Å². The lowest BCUT2D eigenvalue weighted by atomic mass is 10.2. The highest BCUT2D eigenvalue weighted by molar-refractivity contribution is 14.0. The summed E-state index contributed by atoms with van der Waals surface area (Å²) in [7, 11) is 1.82. The van der Waals surface area contributed by atoms with E-state index >= 15 is 0 Å². The lowest BCUT2D eigenvalue weighted by Gasteiger charge is -2.14. The van der Waals surface area contributed by atoms with Crippen LogP contribution in [0.1, 0.15) is 17.7 Å². The van der Waals surface area contributed by atoms with Crippen molar-refractivity contribution in [3.8, 4) is 0 Å². The monoisotopic (exact) mass is 397 g/mol. The van der Waals surface area contributed by atoms with Crippen molar-refractivity contribution in [1.82, 2.24) is 10.6 Å². The zero-order valence-corrected chi connectivity index (χ0v) is 14.5. The normalized spacial score (nSPS) is 19.4. The Morgan fingerprint density at radius 3 is 3.00 bits per heavy atom. The molecule has 1 aromatic rings. The summed E-state index contributed by atoms with van der Waals surface area (Å²) in [6.45, 7) is 1.88. The Balaban J connectivity index is 0.00000162. The average Bonchev–Trinajstić information content (AvgIpc) is 3.02. The molecule has 1 aromatic heterocycles. The van der Waals surface area contributed by atoms with Crippen molar-refractivity contribution >= 4 is 53.0 Å². The van der Waals surface area contributed by atoms with Crippen LogP contribution in [0.5, 0.6) is 0 Å². The van der Waals surface area contributed by atoms with Crippen molar-refractivity contribution in [1.29, 1.82) is 0 Å². The Morgan fingerprint density at radius 2 is 2.39 bits per heavy atom. The Hall–Kier alpha value is 0.0500. The second kappa shape index (κ2) is 9.03. The second-order valence-corrected chi connectivity index (χ2v) is 6.46. The molecule has 1 saturated heterocycles. The third kappa shape index (κ3) is 5.36. The number of thioether (sulfide) groups is 1. The van der Waals surface area contributed by atoms with Gasteiger partial charge in [0.05, 0.1) is 6.54 Å². The maximum absolute atomic E-state index is 4.24. The molecule has 2 heterocycles. The van der Waals surface area contributed by atoms with E-state index in [2.05, 4.69) is 44.9 Å². The molecular weight excluding hydrogens is 377 g/mol. The molecule has 0 radical (unpaired) electrons. The van der Waals surface area contributed by atoms with Gasteiger partial charge < -0.3 is 10.6 Å². The first-order valence-electron chi connectivity index (χ1n) is 5.97. The van der Waals surface area contributed by atoms with Crippen molar-refractivity contribution < 1.29 is 0 Å². The lowest BCUT2D eigenvalue weighted by molar-refractivity contribution is 0.727. The summed E-state index contributed by atoms with van der Waals surface area (Å²) in [6, 6.07) is 4.21. The van der Waals surface area contributed by atoms with E-state index in [0.717, 1.165) is 24.3 Å². The fraction of sp³-hybridized carbons (Fsp3) is 0.583. The van der Waals surface area contributed by atoms with Crippen LogP contribution in [0.3, 0.4) is 0 Å². The molecule has 6 heteroatoms. The van der Waals surface area contributed by atoms with Crippen LogP contribution in [-0.4, -0.2) is 30.6 Å². The molecule has 0 aliphatic carbocycles. The summed E-state index contributed by atoms with van der Waals surface area (Å²) in [4.78, 5) is 5.57. The summed E-state index contributed by atoms with van der Waals surface area (Å²) in [5, 5.41) is 9.59. The molecule has 0 spiro atoms. The number of halogens is 1. The number of hydrogen-bond acceptors (Lipinski definition) is 3. The molecule has 0 aromatic carbocycles. The minimum Gasteiger partial charge on any atom is -0.355 e. The van der Waals surface area contributed by atoms with Crippen molar-refractivity contribution in [2.45, 2.75) is 24.6 Å². The average molecular weight is 397 g/mol. The molecule has 18 heavy (non-hydrogen) atoms. The maximum atomic E-state index is 4.24. The van der Waals surface area contributed by atoms with Crippen LogP contribution in [0.15, 0.2) is 22.5 Å². The zero-order chi connectivity index (χ0) is 11.9. The van der Waals surface area contributed by atoms with Gasteiger partial charge in [0.15, 0.2) is 5.96 Å². The quantitative estimate of drug-likeness (QED) is 0.466. The van der Waals surface area contributed by atoms with Gasteiger partial charge in [-0.2, -0.15) is 11.8 Å². The molecule has 1 atom stereocenters. The first-order valence-corrected chi connectivity index (χ1v) is 7.90. The van der Waals surface area contributed by atoms with E-state index in [-0.39, 0.29) is 24.0 Å². The van der Waals surface area contributed by atoms with Crippen LogP contribution < -0.4 is 10.6 Å². The molecular formula is C12H20IN3S2. The van der Waals surface area contributed by atoms with Crippen molar-refractivity contribution in [2.75, 3.05) is 19.3 Å². The van der Waals surface area contributed by atoms with E-state index in [4.69, 9.17) is 0 Å². The van der Waals surface area contributed by atoms with Gasteiger partial charge in [0.25, 0.3) is 0 Å². The summed E-state index contributed by atoms with van der Waals surface area (Å²) in [5.74, 6) is 2.22. The van der Waals surface area contributed by atoms with E-state index in [0.29, 0.717) is 0 Å². The SMILES string of the molecule is CN=C(NCc1cccs1)NCC1CCCS1.I. The van der Waals surface area contributed by atoms with Crippen molar-refractivity contribution in [2.24, 2.45) is 4.99 Å². The number of hydrogen-bond donors (Lipinski definition) is 2. The van der Waals surface area contributed by atoms with Crippen molar-refractivity contribution in [3.05, 3.63) is 22.4 Å². The van der Waals surface area contributed by atoms with Gasteiger partial charge in [0.2, 0.25) is 0 Å². The Kier molecular flexibility index (Phi) is 8.08. The number of nitrogens with one attached hydrogen (secondary N) is 2. The van der Waals surface area contributed by atoms with Crippen LogP contribution in [0, 0.1) is 0 Å². The predicted octanol–water partition coefficient (Wildman–Crippen LogP) is 2.93. The second-order valence-electron chi connectivity index (χ2n) is 4.02. The Bertz CT molecular complexity index is 348. The summed E-state index contributed by atoms with van der Waals surface area (Å²) in [5.41, 5.74) is 0. The maximum Gasteiger partial charge on any atom is 0.191 e. The molecule has 2 rings (SSSR count). The third-order valence-corrected chi connectivity index (χ3v) is 5.03. The first-order chi connectivity index (χ1) is 8.38. The lowest BCUT2D eigenvalue weighted by Crippen LogP contribution is -2.39. The predicted molar refractivity (Wildman–Crippen MR) is 93.4 cm³/mol. The topological polar surface area (TPSA) is 36.4 Å². The number of rotatable bonds is 4. The summed E-state index contributed by atoms with van der Waals surface area (Å²) in [6.07, 6.45) is 2.69. The first kappa shape index (κ1) is 16.1. The van der Waals surface area contributed by atoms with Crippen LogP contribution in [-0.2, 0) is 6.54 Å². The highest BCUT2D eigenvalue weighted by Crippen LogP contribution is 2.25. The van der Waals surface area contributed by atoms with Crippen LogP contribution in [0.25, 0.3) is 0 Å². The molecule has 0 bridgehead atoms. The standard InChI is InChI=1S/C12H19N3S2.HI/c1-13-12(14-8-10-4-2-6-16-10)15-9-11-5-3-7-17-11;/h2,4,6,11H,3,5,7-9H2,1H3,(H2,13,14,15);1H. The van der Waals surface area contributed by atoms with E-state index in [1.54, 1.807) is 11.3 Å². The molecule has 1 fully saturated rings. The molecule has 1 aliphatic heterocycles. The van der Waals surface area contributed by atoms with Gasteiger partial charge in [-0.15, -0.1) is 35.3 Å². The van der Waals surface area contributed by atoms with Crippen LogP contribution >= 0.6 is 47.1 Å². The highest BCUT2D eigenvalue weighted by atomic mass is 127. The van der Waals surface area contributed by atoms with Crippen molar-refractivity contribution in [3.63, 3.8) is 0 Å². The number of guanidine groups is 1. The van der Waals surface area contributed by atoms with E-state index in [1.807, 2.05) is 7.05 Å². The largest absolute Gasteiger partial charge is 0.355 e. The van der Waals surface area contributed by atoms with Gasteiger partial charge >= 0.3 is 0 Å². The third-order valence-electron chi connectivity index (χ3n) is 2.75. The fourth-order valence-corrected chi connectivity index (χ4v) is 3.67. The van der Waals surface area contributed by atoms with Crippen LogP contribution in [0.4, 0.5) is 0 Å². The number of aliphatic imine (C=N–C) groups is 1. The smallest absolute Gasteiger partial charge is 0.191 e. The van der Waals surface area contributed by atoms with Crippen LogP contribution in [0.2, 0.25) is 0 Å². The van der Waals surface area contributed by atoms with Gasteiger partial charge in [-0.05, 0) is 30.0 Å². The molecule has 0 amide bonds. The van der Waals surface area contributed by atoms with E-state index in [1.165, 1.54) is 23.5 Å². The fourth-order valence-electron chi connectivity index (χ4n) is 1.82. The van der Waals surface area contributed by atoms with Gasteiger partial charge in [0.1, 0.15) is 0 Å². The number of nitrogens with zero attached hydrogens (tertiary/aromatic N) is 1. The van der Waals surface area contributed by atoms with Gasteiger partial charge in [0, 0.05) is 23.7 Å². The molecule has 3 nitrogen and oxygen atoms in total. The molecule has 2 N–H and O–H groups in total. The molecule has 1 unspecified atom stereocenters. The molecule has 1 aliphatic rings. The highest BCUT2D eigenvalue weighted by Gasteiger charge is 2.15. The minimum atomic E-state index is 0. The van der Waals surface area contributed by atoms with Gasteiger partial charge in [-0.25, -0.2) is 0 Å². The number of thiophene rings is 1. The van der Waals surface area contributed by atoms with Gasteiger partial charge in [-0.3, -0.25) is 4.99 Å². The molecule has 102 valence electrons. The summed E-state index contributed by atoms with van der Waals surface area (Å²) < 4.78 is 0.